The van der Waals surface area contributed by atoms with Gasteiger partial charge >= 0.3 is 0 Å². The lowest BCUT2D eigenvalue weighted by Crippen LogP contribution is -2.50. The van der Waals surface area contributed by atoms with Crippen molar-refractivity contribution in [3.05, 3.63) is 70.8 Å². The highest BCUT2D eigenvalue weighted by Gasteiger charge is 2.30. The Kier molecular flexibility index (Phi) is 6.21. The third-order valence-electron chi connectivity index (χ3n) is 5.97. The van der Waals surface area contributed by atoms with E-state index in [9.17, 15) is 13.2 Å². The summed E-state index contributed by atoms with van der Waals surface area (Å²) in [6.45, 7) is 1.30. The zero-order chi connectivity index (χ0) is 21.8. The molecule has 160 valence electrons. The van der Waals surface area contributed by atoms with Gasteiger partial charge in [-0.25, -0.2) is 8.42 Å². The molecule has 0 atom stereocenters. The number of carbonyl (C=O) groups is 1. The van der Waals surface area contributed by atoms with Crippen LogP contribution >= 0.6 is 0 Å². The van der Waals surface area contributed by atoms with E-state index >= 15 is 0 Å². The molecular formula is C24H25N3O3S. The van der Waals surface area contributed by atoms with Crippen molar-refractivity contribution < 1.29 is 13.2 Å². The first-order chi connectivity index (χ1) is 15.0. The van der Waals surface area contributed by atoms with Gasteiger partial charge in [0.15, 0.2) is 0 Å². The molecule has 2 aliphatic rings. The van der Waals surface area contributed by atoms with Gasteiger partial charge in [-0.3, -0.25) is 4.79 Å². The first-order valence-electron chi connectivity index (χ1n) is 10.6. The molecule has 1 amide bonds. The second-order valence-electron chi connectivity index (χ2n) is 7.93. The number of aryl methyl sites for hydroxylation is 2. The fourth-order valence-corrected chi connectivity index (χ4v) is 5.58. The molecule has 0 spiro atoms. The van der Waals surface area contributed by atoms with Crippen LogP contribution in [0.2, 0.25) is 0 Å². The molecule has 31 heavy (non-hydrogen) atoms. The summed E-state index contributed by atoms with van der Waals surface area (Å²) in [7, 11) is -3.56. The number of hydrogen-bond donors (Lipinski definition) is 0. The zero-order valence-electron chi connectivity index (χ0n) is 17.3. The Morgan fingerprint density at radius 3 is 2.29 bits per heavy atom. The standard InChI is InChI=1S/C24H25N3O3S/c25-18-20-7-5-19(6-8-20)9-12-24(28)26-13-15-27(16-14-26)31(29,30)23-11-10-21-3-1-2-4-22(21)17-23/h5-12,17H,1-4,13-16H2/b12-9+. The minimum Gasteiger partial charge on any atom is -0.337 e. The maximum absolute atomic E-state index is 13.1. The lowest BCUT2D eigenvalue weighted by molar-refractivity contribution is -0.127. The van der Waals surface area contributed by atoms with Gasteiger partial charge in [0.1, 0.15) is 0 Å². The Bertz CT molecular complexity index is 1140. The largest absolute Gasteiger partial charge is 0.337 e. The second kappa shape index (κ2) is 9.04. The van der Waals surface area contributed by atoms with E-state index in [1.54, 1.807) is 41.3 Å². The minimum atomic E-state index is -3.56. The number of nitriles is 1. The number of benzene rings is 2. The molecule has 2 aromatic carbocycles. The van der Waals surface area contributed by atoms with Gasteiger partial charge in [-0.2, -0.15) is 9.57 Å². The number of piperazine rings is 1. The van der Waals surface area contributed by atoms with Crippen molar-refractivity contribution in [3.8, 4) is 6.07 Å². The van der Waals surface area contributed by atoms with Gasteiger partial charge in [0.2, 0.25) is 15.9 Å². The molecule has 0 bridgehead atoms. The fourth-order valence-electron chi connectivity index (χ4n) is 4.11. The number of sulfonamides is 1. The first kappa shape index (κ1) is 21.3. The van der Waals surface area contributed by atoms with Gasteiger partial charge < -0.3 is 4.90 Å². The van der Waals surface area contributed by atoms with E-state index in [1.165, 1.54) is 15.9 Å². The Morgan fingerprint density at radius 2 is 1.61 bits per heavy atom. The lowest BCUT2D eigenvalue weighted by Gasteiger charge is -2.33. The topological polar surface area (TPSA) is 81.5 Å². The van der Waals surface area contributed by atoms with Gasteiger partial charge in [0.05, 0.1) is 16.5 Å². The van der Waals surface area contributed by atoms with Crippen molar-refractivity contribution in [2.24, 2.45) is 0 Å². The third kappa shape index (κ3) is 4.71. The summed E-state index contributed by atoms with van der Waals surface area (Å²) in [6.07, 6.45) is 7.43. The molecule has 1 saturated heterocycles. The maximum Gasteiger partial charge on any atom is 0.246 e. The Hall–Kier alpha value is -2.95. The van der Waals surface area contributed by atoms with E-state index in [-0.39, 0.29) is 19.0 Å². The summed E-state index contributed by atoms with van der Waals surface area (Å²) in [5.41, 5.74) is 3.81. The predicted molar refractivity (Wildman–Crippen MR) is 119 cm³/mol. The van der Waals surface area contributed by atoms with Crippen LogP contribution in [-0.2, 0) is 27.7 Å². The van der Waals surface area contributed by atoms with Crippen molar-refractivity contribution in [2.75, 3.05) is 26.2 Å². The van der Waals surface area contributed by atoms with Crippen molar-refractivity contribution in [1.29, 1.82) is 5.26 Å². The van der Waals surface area contributed by atoms with E-state index in [0.29, 0.717) is 23.5 Å². The fraction of sp³-hybridized carbons (Fsp3) is 0.333. The van der Waals surface area contributed by atoms with Crippen LogP contribution < -0.4 is 0 Å². The van der Waals surface area contributed by atoms with Gasteiger partial charge in [0.25, 0.3) is 0 Å². The van der Waals surface area contributed by atoms with E-state index in [2.05, 4.69) is 6.07 Å². The number of hydrogen-bond acceptors (Lipinski definition) is 4. The minimum absolute atomic E-state index is 0.143. The van der Waals surface area contributed by atoms with E-state index in [4.69, 9.17) is 5.26 Å². The van der Waals surface area contributed by atoms with E-state index in [0.717, 1.165) is 36.8 Å². The summed E-state index contributed by atoms with van der Waals surface area (Å²) in [5, 5.41) is 8.84. The second-order valence-corrected chi connectivity index (χ2v) is 9.87. The van der Waals surface area contributed by atoms with Crippen LogP contribution in [0.3, 0.4) is 0 Å². The van der Waals surface area contributed by atoms with Gasteiger partial charge in [0, 0.05) is 32.3 Å². The van der Waals surface area contributed by atoms with E-state index in [1.807, 2.05) is 12.1 Å². The molecule has 0 aromatic heterocycles. The molecular weight excluding hydrogens is 410 g/mol. The summed E-state index contributed by atoms with van der Waals surface area (Å²) in [6, 6.07) is 14.5. The smallest absolute Gasteiger partial charge is 0.246 e. The number of fused-ring (bicyclic) bond motifs is 1. The number of carbonyl (C=O) groups excluding carboxylic acids is 1. The highest BCUT2D eigenvalue weighted by atomic mass is 32.2. The Labute approximate surface area is 183 Å². The normalized spacial score (nSPS) is 17.3. The van der Waals surface area contributed by atoms with Gasteiger partial charge in [-0.1, -0.05) is 18.2 Å². The van der Waals surface area contributed by atoms with Gasteiger partial charge in [-0.05, 0) is 72.7 Å². The molecule has 0 radical (unpaired) electrons. The van der Waals surface area contributed by atoms with Crippen molar-refractivity contribution in [2.45, 2.75) is 30.6 Å². The van der Waals surface area contributed by atoms with Crippen LogP contribution in [0.15, 0.2) is 53.4 Å². The van der Waals surface area contributed by atoms with Crippen molar-refractivity contribution in [1.82, 2.24) is 9.21 Å². The van der Waals surface area contributed by atoms with Crippen LogP contribution in [0.4, 0.5) is 0 Å². The summed E-state index contributed by atoms with van der Waals surface area (Å²) < 4.78 is 27.7. The lowest BCUT2D eigenvalue weighted by atomic mass is 9.92. The number of rotatable bonds is 4. The van der Waals surface area contributed by atoms with Crippen molar-refractivity contribution in [3.63, 3.8) is 0 Å². The molecule has 1 fully saturated rings. The van der Waals surface area contributed by atoms with Gasteiger partial charge in [-0.15, -0.1) is 0 Å². The quantitative estimate of drug-likeness (QED) is 0.692. The summed E-state index contributed by atoms with van der Waals surface area (Å²) >= 11 is 0. The Morgan fingerprint density at radius 1 is 0.935 bits per heavy atom. The Balaban J connectivity index is 1.38. The number of nitrogens with zero attached hydrogens (tertiary/aromatic N) is 3. The van der Waals surface area contributed by atoms with Crippen LogP contribution in [-0.4, -0.2) is 49.7 Å². The molecule has 6 nitrogen and oxygen atoms in total. The monoisotopic (exact) mass is 435 g/mol. The summed E-state index contributed by atoms with van der Waals surface area (Å²) in [4.78, 5) is 14.5. The summed E-state index contributed by atoms with van der Waals surface area (Å²) in [5.74, 6) is -0.143. The van der Waals surface area contributed by atoms with Crippen LogP contribution in [0.1, 0.15) is 35.1 Å². The SMILES string of the molecule is N#Cc1ccc(/C=C/C(=O)N2CCN(S(=O)(=O)c3ccc4c(c3)CCCC4)CC2)cc1. The highest BCUT2D eigenvalue weighted by molar-refractivity contribution is 7.89. The highest BCUT2D eigenvalue weighted by Crippen LogP contribution is 2.26. The van der Waals surface area contributed by atoms with E-state index < -0.39 is 10.0 Å². The maximum atomic E-state index is 13.1. The van der Waals surface area contributed by atoms with Crippen LogP contribution in [0, 0.1) is 11.3 Å². The molecule has 1 aliphatic carbocycles. The molecule has 0 N–H and O–H groups in total. The molecule has 2 aromatic rings. The van der Waals surface area contributed by atoms with Crippen LogP contribution in [0.5, 0.6) is 0 Å². The molecule has 0 saturated carbocycles. The zero-order valence-corrected chi connectivity index (χ0v) is 18.1. The first-order valence-corrected chi connectivity index (χ1v) is 12.0. The number of amides is 1. The molecule has 7 heteroatoms. The average molecular weight is 436 g/mol. The third-order valence-corrected chi connectivity index (χ3v) is 7.86. The van der Waals surface area contributed by atoms with Crippen LogP contribution in [0.25, 0.3) is 6.08 Å². The molecule has 1 heterocycles. The predicted octanol–water partition coefficient (Wildman–Crippen LogP) is 2.98. The molecule has 4 rings (SSSR count). The molecule has 0 unspecified atom stereocenters. The molecule has 1 aliphatic heterocycles. The van der Waals surface area contributed by atoms with Crippen molar-refractivity contribution >= 4 is 22.0 Å². The average Bonchev–Trinajstić information content (AvgIpc) is 2.82.